The van der Waals surface area contributed by atoms with Crippen LogP contribution in [0.25, 0.3) is 0 Å². The van der Waals surface area contributed by atoms with Crippen LogP contribution in [0, 0.1) is 20.8 Å². The second-order valence-corrected chi connectivity index (χ2v) is 5.76. The number of rotatable bonds is 5. The Bertz CT molecular complexity index is 637. The third kappa shape index (κ3) is 3.98. The van der Waals surface area contributed by atoms with Crippen molar-refractivity contribution < 1.29 is 4.74 Å². The van der Waals surface area contributed by atoms with E-state index in [9.17, 15) is 0 Å². The lowest BCUT2D eigenvalue weighted by Crippen LogP contribution is -1.98. The first kappa shape index (κ1) is 15.8. The lowest BCUT2D eigenvalue weighted by Gasteiger charge is -2.13. The number of benzene rings is 1. The molecule has 1 heterocycles. The van der Waals surface area contributed by atoms with Crippen LogP contribution in [-0.4, -0.2) is 4.98 Å². The van der Waals surface area contributed by atoms with Crippen molar-refractivity contribution >= 4 is 11.6 Å². The maximum atomic E-state index is 6.03. The highest BCUT2D eigenvalue weighted by molar-refractivity contribution is 6.17. The van der Waals surface area contributed by atoms with E-state index in [-0.39, 0.29) is 0 Å². The summed E-state index contributed by atoms with van der Waals surface area (Å²) in [5.74, 6) is 1.97. The van der Waals surface area contributed by atoms with E-state index in [0.29, 0.717) is 11.8 Å². The molecule has 0 aliphatic carbocycles. The number of pyridine rings is 1. The first-order valence-corrected chi connectivity index (χ1v) is 7.88. The van der Waals surface area contributed by atoms with Crippen LogP contribution in [0.15, 0.2) is 24.3 Å². The van der Waals surface area contributed by atoms with Gasteiger partial charge in [0, 0.05) is 17.6 Å². The van der Waals surface area contributed by atoms with Gasteiger partial charge in [0.25, 0.3) is 0 Å². The lowest BCUT2D eigenvalue weighted by atomic mass is 10.1. The SMILES string of the molecule is CCCc1cc(CCl)cc(Oc2cc(C)cc(C)c2C)n1. The summed E-state index contributed by atoms with van der Waals surface area (Å²) in [6.45, 7) is 8.39. The Morgan fingerprint density at radius 1 is 1.10 bits per heavy atom. The minimum absolute atomic E-state index is 0.474. The summed E-state index contributed by atoms with van der Waals surface area (Å²) in [7, 11) is 0. The second kappa shape index (κ2) is 6.95. The normalized spacial score (nSPS) is 10.7. The minimum Gasteiger partial charge on any atom is -0.439 e. The molecule has 0 spiro atoms. The van der Waals surface area contributed by atoms with Crippen LogP contribution in [0.5, 0.6) is 11.6 Å². The Morgan fingerprint density at radius 3 is 2.52 bits per heavy atom. The van der Waals surface area contributed by atoms with Crippen molar-refractivity contribution in [1.82, 2.24) is 4.98 Å². The summed E-state index contributed by atoms with van der Waals surface area (Å²) in [4.78, 5) is 4.59. The third-order valence-corrected chi connectivity index (χ3v) is 3.86. The molecule has 2 rings (SSSR count). The van der Waals surface area contributed by atoms with Crippen LogP contribution in [0.4, 0.5) is 0 Å². The van der Waals surface area contributed by atoms with E-state index in [0.717, 1.165) is 35.4 Å². The molecular weight excluding hydrogens is 282 g/mol. The number of hydrogen-bond acceptors (Lipinski definition) is 2. The van der Waals surface area contributed by atoms with E-state index in [1.54, 1.807) is 0 Å². The summed E-state index contributed by atoms with van der Waals surface area (Å²) in [5.41, 5.74) is 5.65. The number of nitrogens with zero attached hydrogens (tertiary/aromatic N) is 1. The first-order valence-electron chi connectivity index (χ1n) is 7.35. The van der Waals surface area contributed by atoms with Crippen LogP contribution < -0.4 is 4.74 Å². The van der Waals surface area contributed by atoms with Crippen LogP contribution in [-0.2, 0) is 12.3 Å². The number of alkyl halides is 1. The number of hydrogen-bond donors (Lipinski definition) is 0. The Hall–Kier alpha value is -1.54. The molecule has 0 aliphatic heterocycles. The Morgan fingerprint density at radius 2 is 1.86 bits per heavy atom. The molecule has 0 unspecified atom stereocenters. The van der Waals surface area contributed by atoms with Crippen molar-refractivity contribution in [1.29, 1.82) is 0 Å². The van der Waals surface area contributed by atoms with Crippen molar-refractivity contribution in [3.05, 3.63) is 52.2 Å². The molecule has 0 radical (unpaired) electrons. The van der Waals surface area contributed by atoms with E-state index < -0.39 is 0 Å². The van der Waals surface area contributed by atoms with E-state index in [4.69, 9.17) is 16.3 Å². The number of aryl methyl sites for hydroxylation is 3. The quantitative estimate of drug-likeness (QED) is 0.681. The molecule has 0 aliphatic rings. The van der Waals surface area contributed by atoms with Gasteiger partial charge in [0.1, 0.15) is 5.75 Å². The average molecular weight is 304 g/mol. The number of halogens is 1. The largest absolute Gasteiger partial charge is 0.439 e. The van der Waals surface area contributed by atoms with E-state index in [2.05, 4.69) is 50.9 Å². The van der Waals surface area contributed by atoms with Gasteiger partial charge in [-0.15, -0.1) is 11.6 Å². The molecule has 3 heteroatoms. The predicted octanol–water partition coefficient (Wildman–Crippen LogP) is 5.49. The lowest BCUT2D eigenvalue weighted by molar-refractivity contribution is 0.455. The topological polar surface area (TPSA) is 22.1 Å². The van der Waals surface area contributed by atoms with Gasteiger partial charge in [-0.2, -0.15) is 0 Å². The van der Waals surface area contributed by atoms with Gasteiger partial charge in [0.2, 0.25) is 5.88 Å². The average Bonchev–Trinajstić information content (AvgIpc) is 2.44. The minimum atomic E-state index is 0.474. The van der Waals surface area contributed by atoms with Crippen molar-refractivity contribution in [2.75, 3.05) is 0 Å². The predicted molar refractivity (Wildman–Crippen MR) is 88.5 cm³/mol. The second-order valence-electron chi connectivity index (χ2n) is 5.50. The van der Waals surface area contributed by atoms with E-state index in [1.807, 2.05) is 6.07 Å². The summed E-state index contributed by atoms with van der Waals surface area (Å²) < 4.78 is 6.03. The van der Waals surface area contributed by atoms with Crippen molar-refractivity contribution in [3.63, 3.8) is 0 Å². The molecule has 0 amide bonds. The van der Waals surface area contributed by atoms with E-state index in [1.165, 1.54) is 11.1 Å². The molecule has 0 atom stereocenters. The summed E-state index contributed by atoms with van der Waals surface area (Å²) >= 11 is 5.97. The van der Waals surface area contributed by atoms with Crippen molar-refractivity contribution in [2.45, 2.75) is 46.4 Å². The van der Waals surface area contributed by atoms with Gasteiger partial charge < -0.3 is 4.74 Å². The monoisotopic (exact) mass is 303 g/mol. The Labute approximate surface area is 132 Å². The highest BCUT2D eigenvalue weighted by atomic mass is 35.5. The van der Waals surface area contributed by atoms with Gasteiger partial charge >= 0.3 is 0 Å². The molecule has 0 fully saturated rings. The Balaban J connectivity index is 2.37. The fraction of sp³-hybridized carbons (Fsp3) is 0.389. The van der Waals surface area contributed by atoms with E-state index >= 15 is 0 Å². The van der Waals surface area contributed by atoms with Gasteiger partial charge in [0.05, 0.1) is 0 Å². The molecule has 0 bridgehead atoms. The molecule has 2 nitrogen and oxygen atoms in total. The van der Waals surface area contributed by atoms with Crippen molar-refractivity contribution in [3.8, 4) is 11.6 Å². The number of aromatic nitrogens is 1. The highest BCUT2D eigenvalue weighted by Gasteiger charge is 2.08. The fourth-order valence-corrected chi connectivity index (χ4v) is 2.51. The molecule has 21 heavy (non-hydrogen) atoms. The van der Waals surface area contributed by atoms with Crippen LogP contribution in [0.3, 0.4) is 0 Å². The highest BCUT2D eigenvalue weighted by Crippen LogP contribution is 2.28. The van der Waals surface area contributed by atoms with Gasteiger partial charge in [0.15, 0.2) is 0 Å². The van der Waals surface area contributed by atoms with Gasteiger partial charge in [-0.1, -0.05) is 19.4 Å². The maximum Gasteiger partial charge on any atom is 0.219 e. The standard InChI is InChI=1S/C18H22ClNO/c1-5-6-16-9-15(11-19)10-18(20-16)21-17-8-12(2)7-13(3)14(17)4/h7-10H,5-6,11H2,1-4H3. The first-order chi connectivity index (χ1) is 10.0. The van der Waals surface area contributed by atoms with Crippen LogP contribution in [0.2, 0.25) is 0 Å². The zero-order chi connectivity index (χ0) is 15.4. The smallest absolute Gasteiger partial charge is 0.219 e. The summed E-state index contributed by atoms with van der Waals surface area (Å²) in [6, 6.07) is 8.19. The molecule has 0 saturated heterocycles. The molecule has 0 N–H and O–H groups in total. The van der Waals surface area contributed by atoms with Crippen LogP contribution >= 0.6 is 11.6 Å². The Kier molecular flexibility index (Phi) is 5.24. The molecule has 2 aromatic rings. The third-order valence-electron chi connectivity index (χ3n) is 3.55. The maximum absolute atomic E-state index is 6.03. The molecular formula is C18H22ClNO. The van der Waals surface area contributed by atoms with Crippen LogP contribution in [0.1, 0.15) is 41.3 Å². The fourth-order valence-electron chi connectivity index (χ4n) is 2.35. The zero-order valence-electron chi connectivity index (χ0n) is 13.2. The van der Waals surface area contributed by atoms with Gasteiger partial charge in [-0.05, 0) is 61.6 Å². The van der Waals surface area contributed by atoms with Gasteiger partial charge in [-0.3, -0.25) is 0 Å². The summed E-state index contributed by atoms with van der Waals surface area (Å²) in [6.07, 6.45) is 1.99. The zero-order valence-corrected chi connectivity index (χ0v) is 13.9. The molecule has 112 valence electrons. The molecule has 0 saturated carbocycles. The number of ether oxygens (including phenoxy) is 1. The summed E-state index contributed by atoms with van der Waals surface area (Å²) in [5, 5.41) is 0. The van der Waals surface area contributed by atoms with Gasteiger partial charge in [-0.25, -0.2) is 4.98 Å². The van der Waals surface area contributed by atoms with Crippen molar-refractivity contribution in [2.24, 2.45) is 0 Å². The molecule has 1 aromatic carbocycles. The molecule has 1 aromatic heterocycles.